The van der Waals surface area contributed by atoms with Crippen molar-refractivity contribution in [3.05, 3.63) is 45.8 Å². The van der Waals surface area contributed by atoms with Crippen LogP contribution in [0.5, 0.6) is 0 Å². The Kier molecular flexibility index (Phi) is 3.77. The van der Waals surface area contributed by atoms with Crippen LogP contribution in [0.15, 0.2) is 29.0 Å². The maximum atomic E-state index is 4.46. The molecule has 0 saturated heterocycles. The van der Waals surface area contributed by atoms with Crippen molar-refractivity contribution in [1.29, 1.82) is 0 Å². The number of nitrogens with zero attached hydrogens (tertiary/aromatic N) is 2. The van der Waals surface area contributed by atoms with Gasteiger partial charge in [0.15, 0.2) is 4.73 Å². The number of aryl methyl sites for hydroxylation is 2. The molecule has 1 aromatic carbocycles. The summed E-state index contributed by atoms with van der Waals surface area (Å²) in [5, 5.41) is 0. The summed E-state index contributed by atoms with van der Waals surface area (Å²) in [5.41, 5.74) is 5.87. The van der Waals surface area contributed by atoms with Gasteiger partial charge in [0.1, 0.15) is 0 Å². The van der Waals surface area contributed by atoms with E-state index in [1.54, 1.807) is 0 Å². The molecule has 0 bridgehead atoms. The lowest BCUT2D eigenvalue weighted by Crippen LogP contribution is -2.11. The molecule has 0 aliphatic carbocycles. The minimum absolute atomic E-state index is 0.172. The first kappa shape index (κ1) is 14.2. The van der Waals surface area contributed by atoms with E-state index in [-0.39, 0.29) is 5.41 Å². The van der Waals surface area contributed by atoms with Crippen molar-refractivity contribution in [2.24, 2.45) is 0 Å². The van der Waals surface area contributed by atoms with Crippen molar-refractivity contribution >= 4 is 15.9 Å². The highest BCUT2D eigenvalue weighted by molar-refractivity contribution is 9.10. The molecule has 0 N–H and O–H groups in total. The van der Waals surface area contributed by atoms with Crippen LogP contribution in [-0.2, 0) is 5.41 Å². The van der Waals surface area contributed by atoms with Crippen molar-refractivity contribution in [3.8, 4) is 11.3 Å². The number of aromatic nitrogens is 2. The molecule has 0 unspecified atom stereocenters. The highest BCUT2D eigenvalue weighted by atomic mass is 79.9. The molecule has 0 spiro atoms. The quantitative estimate of drug-likeness (QED) is 0.704. The van der Waals surface area contributed by atoms with Crippen LogP contribution in [0.2, 0.25) is 0 Å². The minimum Gasteiger partial charge on any atom is -0.227 e. The van der Waals surface area contributed by atoms with E-state index in [4.69, 9.17) is 0 Å². The number of hydrogen-bond acceptors (Lipinski definition) is 2. The van der Waals surface area contributed by atoms with Crippen LogP contribution in [0, 0.1) is 13.8 Å². The average molecular weight is 319 g/mol. The van der Waals surface area contributed by atoms with Gasteiger partial charge in [-0.1, -0.05) is 39.0 Å². The standard InChI is InChI=1S/C16H19BrN2/c1-10-8-12(16(3,4)5)6-7-13(10)14-9-11(2)18-15(17)19-14/h6-9H,1-5H3. The lowest BCUT2D eigenvalue weighted by atomic mass is 9.85. The Labute approximate surface area is 123 Å². The Morgan fingerprint density at radius 3 is 2.21 bits per heavy atom. The van der Waals surface area contributed by atoms with Gasteiger partial charge in [-0.25, -0.2) is 9.97 Å². The molecule has 3 heteroatoms. The Hall–Kier alpha value is -1.22. The van der Waals surface area contributed by atoms with Crippen molar-refractivity contribution in [2.45, 2.75) is 40.0 Å². The fourth-order valence-corrected chi connectivity index (χ4v) is 2.56. The smallest absolute Gasteiger partial charge is 0.197 e. The Morgan fingerprint density at radius 1 is 1.00 bits per heavy atom. The Balaban J connectivity index is 2.52. The molecule has 100 valence electrons. The molecule has 2 aromatic rings. The zero-order chi connectivity index (χ0) is 14.2. The van der Waals surface area contributed by atoms with E-state index in [0.29, 0.717) is 4.73 Å². The van der Waals surface area contributed by atoms with Crippen molar-refractivity contribution < 1.29 is 0 Å². The second kappa shape index (κ2) is 5.04. The fraction of sp³-hybridized carbons (Fsp3) is 0.375. The first-order valence-electron chi connectivity index (χ1n) is 6.40. The highest BCUT2D eigenvalue weighted by Crippen LogP contribution is 2.29. The predicted octanol–water partition coefficient (Wildman–Crippen LogP) is 4.82. The lowest BCUT2D eigenvalue weighted by Gasteiger charge is -2.20. The molecular formula is C16H19BrN2. The van der Waals surface area contributed by atoms with Crippen molar-refractivity contribution in [3.63, 3.8) is 0 Å². The van der Waals surface area contributed by atoms with Crippen LogP contribution in [0.1, 0.15) is 37.6 Å². The van der Waals surface area contributed by atoms with Crippen LogP contribution >= 0.6 is 15.9 Å². The topological polar surface area (TPSA) is 25.8 Å². The van der Waals surface area contributed by atoms with Crippen LogP contribution in [0.25, 0.3) is 11.3 Å². The molecule has 0 atom stereocenters. The summed E-state index contributed by atoms with van der Waals surface area (Å²) < 4.78 is 0.641. The maximum absolute atomic E-state index is 4.46. The van der Waals surface area contributed by atoms with E-state index in [1.807, 2.05) is 13.0 Å². The number of benzene rings is 1. The van der Waals surface area contributed by atoms with Crippen LogP contribution in [0.3, 0.4) is 0 Å². The summed E-state index contributed by atoms with van der Waals surface area (Å²) in [4.78, 5) is 8.71. The zero-order valence-corrected chi connectivity index (χ0v) is 13.7. The third-order valence-electron chi connectivity index (χ3n) is 3.20. The molecule has 2 nitrogen and oxygen atoms in total. The molecule has 0 radical (unpaired) electrons. The molecule has 0 saturated carbocycles. The Morgan fingerprint density at radius 2 is 1.68 bits per heavy atom. The molecule has 1 aromatic heterocycles. The predicted molar refractivity (Wildman–Crippen MR) is 83.3 cm³/mol. The Bertz CT molecular complexity index is 592. The van der Waals surface area contributed by atoms with E-state index in [2.05, 4.69) is 71.8 Å². The molecule has 0 aliphatic rings. The third kappa shape index (κ3) is 3.21. The summed E-state index contributed by atoms with van der Waals surface area (Å²) in [6.07, 6.45) is 0. The van der Waals surface area contributed by atoms with Gasteiger partial charge in [0.25, 0.3) is 0 Å². The average Bonchev–Trinajstić information content (AvgIpc) is 2.26. The summed E-state index contributed by atoms with van der Waals surface area (Å²) in [6.45, 7) is 10.8. The second-order valence-electron chi connectivity index (χ2n) is 5.94. The lowest BCUT2D eigenvalue weighted by molar-refractivity contribution is 0.590. The SMILES string of the molecule is Cc1cc(-c2ccc(C(C)(C)C)cc2C)nc(Br)n1. The first-order chi connectivity index (χ1) is 8.77. The van der Waals surface area contributed by atoms with E-state index < -0.39 is 0 Å². The monoisotopic (exact) mass is 318 g/mol. The van der Waals surface area contributed by atoms with E-state index >= 15 is 0 Å². The molecule has 0 amide bonds. The van der Waals surface area contributed by atoms with Gasteiger partial charge in [0.2, 0.25) is 0 Å². The fourth-order valence-electron chi connectivity index (χ4n) is 2.09. The van der Waals surface area contributed by atoms with Gasteiger partial charge in [-0.15, -0.1) is 0 Å². The van der Waals surface area contributed by atoms with E-state index in [0.717, 1.165) is 11.4 Å². The van der Waals surface area contributed by atoms with Crippen LogP contribution in [0.4, 0.5) is 0 Å². The van der Waals surface area contributed by atoms with Gasteiger partial charge in [-0.3, -0.25) is 0 Å². The largest absolute Gasteiger partial charge is 0.227 e. The summed E-state index contributed by atoms with van der Waals surface area (Å²) in [6, 6.07) is 8.61. The molecule has 0 aliphatic heterocycles. The number of halogens is 1. The minimum atomic E-state index is 0.172. The van der Waals surface area contributed by atoms with Gasteiger partial charge in [-0.05, 0) is 52.4 Å². The molecular weight excluding hydrogens is 300 g/mol. The van der Waals surface area contributed by atoms with Crippen LogP contribution < -0.4 is 0 Å². The summed E-state index contributed by atoms with van der Waals surface area (Å²) >= 11 is 3.36. The van der Waals surface area contributed by atoms with Crippen LogP contribution in [-0.4, -0.2) is 9.97 Å². The summed E-state index contributed by atoms with van der Waals surface area (Å²) in [7, 11) is 0. The van der Waals surface area contributed by atoms with Gasteiger partial charge < -0.3 is 0 Å². The number of hydrogen-bond donors (Lipinski definition) is 0. The maximum Gasteiger partial charge on any atom is 0.197 e. The van der Waals surface area contributed by atoms with Gasteiger partial charge in [-0.2, -0.15) is 0 Å². The first-order valence-corrected chi connectivity index (χ1v) is 7.19. The van der Waals surface area contributed by atoms with Crippen molar-refractivity contribution in [1.82, 2.24) is 9.97 Å². The number of rotatable bonds is 1. The zero-order valence-electron chi connectivity index (χ0n) is 12.1. The van der Waals surface area contributed by atoms with E-state index in [9.17, 15) is 0 Å². The highest BCUT2D eigenvalue weighted by Gasteiger charge is 2.15. The van der Waals surface area contributed by atoms with Gasteiger partial charge in [0, 0.05) is 11.3 Å². The van der Waals surface area contributed by atoms with Gasteiger partial charge in [0.05, 0.1) is 5.69 Å². The molecule has 0 fully saturated rings. The molecule has 2 rings (SSSR count). The molecule has 1 heterocycles. The third-order valence-corrected chi connectivity index (χ3v) is 3.55. The second-order valence-corrected chi connectivity index (χ2v) is 6.65. The summed E-state index contributed by atoms with van der Waals surface area (Å²) in [5.74, 6) is 0. The molecule has 19 heavy (non-hydrogen) atoms. The normalized spacial score (nSPS) is 11.7. The van der Waals surface area contributed by atoms with Gasteiger partial charge >= 0.3 is 0 Å². The van der Waals surface area contributed by atoms with E-state index in [1.165, 1.54) is 16.7 Å². The van der Waals surface area contributed by atoms with Crippen molar-refractivity contribution in [2.75, 3.05) is 0 Å².